The average molecular weight is 264 g/mol. The Kier molecular flexibility index (Phi) is 3.93. The fourth-order valence-electron chi connectivity index (χ4n) is 1.22. The molecule has 94 valence electrons. The van der Waals surface area contributed by atoms with Gasteiger partial charge in [-0.1, -0.05) is 17.8 Å². The average Bonchev–Trinajstić information content (AvgIpc) is 2.77. The van der Waals surface area contributed by atoms with Crippen LogP contribution in [0.2, 0.25) is 0 Å². The Morgan fingerprint density at radius 3 is 3.00 bits per heavy atom. The molecule has 0 radical (unpaired) electrons. The smallest absolute Gasteiger partial charge is 0.277 e. The molecule has 0 saturated carbocycles. The van der Waals surface area contributed by atoms with Crippen molar-refractivity contribution in [1.82, 2.24) is 15.2 Å². The molecule has 2 aromatic heterocycles. The molecule has 0 aromatic carbocycles. The maximum absolute atomic E-state index is 10.9. The van der Waals surface area contributed by atoms with Crippen molar-refractivity contribution >= 4 is 17.7 Å². The number of rotatable bonds is 5. The van der Waals surface area contributed by atoms with Crippen LogP contribution in [0.3, 0.4) is 0 Å². The van der Waals surface area contributed by atoms with E-state index >= 15 is 0 Å². The SMILES string of the molecule is CC(Sc1nnc(Cc2ccccn2)o1)C(N)=O. The lowest BCUT2D eigenvalue weighted by molar-refractivity contribution is -0.117. The molecular formula is C11H12N4O2S. The summed E-state index contributed by atoms with van der Waals surface area (Å²) in [7, 11) is 0. The van der Waals surface area contributed by atoms with Gasteiger partial charge in [-0.2, -0.15) is 0 Å². The standard InChI is InChI=1S/C11H12N4O2S/c1-7(10(12)16)18-11-15-14-9(17-11)6-8-4-2-3-5-13-8/h2-5,7H,6H2,1H3,(H2,12,16). The lowest BCUT2D eigenvalue weighted by Crippen LogP contribution is -2.22. The van der Waals surface area contributed by atoms with Gasteiger partial charge in [-0.25, -0.2) is 0 Å². The van der Waals surface area contributed by atoms with Gasteiger partial charge in [0, 0.05) is 11.9 Å². The second-order valence-electron chi connectivity index (χ2n) is 3.62. The van der Waals surface area contributed by atoms with Crippen LogP contribution in [0.5, 0.6) is 0 Å². The Labute approximate surface area is 108 Å². The number of aromatic nitrogens is 3. The summed E-state index contributed by atoms with van der Waals surface area (Å²) < 4.78 is 5.40. The summed E-state index contributed by atoms with van der Waals surface area (Å²) in [5, 5.41) is 7.68. The Bertz CT molecular complexity index is 529. The molecule has 6 nitrogen and oxygen atoms in total. The third-order valence-corrected chi connectivity index (χ3v) is 3.14. The second kappa shape index (κ2) is 5.63. The number of hydrogen-bond donors (Lipinski definition) is 1. The van der Waals surface area contributed by atoms with Crippen molar-refractivity contribution in [3.8, 4) is 0 Å². The van der Waals surface area contributed by atoms with E-state index in [0.29, 0.717) is 17.5 Å². The van der Waals surface area contributed by atoms with Crippen LogP contribution in [0, 0.1) is 0 Å². The first-order valence-electron chi connectivity index (χ1n) is 5.33. The molecule has 1 unspecified atom stereocenters. The highest BCUT2D eigenvalue weighted by Crippen LogP contribution is 2.21. The molecule has 2 N–H and O–H groups in total. The third kappa shape index (κ3) is 3.30. The number of carbonyl (C=O) groups excluding carboxylic acids is 1. The summed E-state index contributed by atoms with van der Waals surface area (Å²) >= 11 is 1.15. The normalized spacial score (nSPS) is 12.3. The van der Waals surface area contributed by atoms with Crippen molar-refractivity contribution < 1.29 is 9.21 Å². The molecule has 0 aliphatic heterocycles. The van der Waals surface area contributed by atoms with E-state index in [1.807, 2.05) is 18.2 Å². The van der Waals surface area contributed by atoms with Crippen LogP contribution < -0.4 is 5.73 Å². The molecule has 7 heteroatoms. The van der Waals surface area contributed by atoms with E-state index < -0.39 is 11.2 Å². The molecule has 1 atom stereocenters. The van der Waals surface area contributed by atoms with Gasteiger partial charge < -0.3 is 10.2 Å². The number of amides is 1. The molecular weight excluding hydrogens is 252 g/mol. The fraction of sp³-hybridized carbons (Fsp3) is 0.273. The number of hydrogen-bond acceptors (Lipinski definition) is 6. The van der Waals surface area contributed by atoms with Crippen molar-refractivity contribution in [3.05, 3.63) is 36.0 Å². The third-order valence-electron chi connectivity index (χ3n) is 2.19. The van der Waals surface area contributed by atoms with Crippen molar-refractivity contribution in [2.24, 2.45) is 5.73 Å². The van der Waals surface area contributed by atoms with E-state index in [-0.39, 0.29) is 0 Å². The van der Waals surface area contributed by atoms with E-state index in [9.17, 15) is 4.79 Å². The molecule has 0 aliphatic rings. The van der Waals surface area contributed by atoms with Crippen LogP contribution >= 0.6 is 11.8 Å². The lowest BCUT2D eigenvalue weighted by atomic mass is 10.3. The quantitative estimate of drug-likeness (QED) is 0.810. The molecule has 18 heavy (non-hydrogen) atoms. The molecule has 2 aromatic rings. The predicted octanol–water partition coefficient (Wildman–Crippen LogP) is 1.02. The number of nitrogens with two attached hydrogens (primary N) is 1. The number of primary amides is 1. The van der Waals surface area contributed by atoms with Crippen molar-refractivity contribution in [2.75, 3.05) is 0 Å². The first-order valence-corrected chi connectivity index (χ1v) is 6.21. The van der Waals surface area contributed by atoms with Gasteiger partial charge in [0.15, 0.2) is 0 Å². The van der Waals surface area contributed by atoms with Gasteiger partial charge in [-0.15, -0.1) is 10.2 Å². The van der Waals surface area contributed by atoms with Crippen LogP contribution in [0.1, 0.15) is 18.5 Å². The molecule has 2 rings (SSSR count). The summed E-state index contributed by atoms with van der Waals surface area (Å²) in [5.41, 5.74) is 6.00. The Hall–Kier alpha value is -1.89. The highest BCUT2D eigenvalue weighted by Gasteiger charge is 2.15. The monoisotopic (exact) mass is 264 g/mol. The topological polar surface area (TPSA) is 94.9 Å². The number of carbonyl (C=O) groups is 1. The van der Waals surface area contributed by atoms with E-state index in [1.54, 1.807) is 13.1 Å². The first kappa shape index (κ1) is 12.6. The molecule has 0 bridgehead atoms. The molecule has 0 fully saturated rings. The highest BCUT2D eigenvalue weighted by molar-refractivity contribution is 8.00. The predicted molar refractivity (Wildman–Crippen MR) is 65.9 cm³/mol. The molecule has 1 amide bonds. The van der Waals surface area contributed by atoms with Gasteiger partial charge in [0.05, 0.1) is 11.7 Å². The summed E-state index contributed by atoms with van der Waals surface area (Å²) in [6.07, 6.45) is 2.18. The number of thioether (sulfide) groups is 1. The van der Waals surface area contributed by atoms with Crippen LogP contribution in [-0.4, -0.2) is 26.3 Å². The summed E-state index contributed by atoms with van der Waals surface area (Å²) in [6, 6.07) is 5.61. The maximum Gasteiger partial charge on any atom is 0.277 e. The minimum atomic E-state index is -0.413. The van der Waals surface area contributed by atoms with E-state index in [1.165, 1.54) is 0 Å². The zero-order valence-corrected chi connectivity index (χ0v) is 10.6. The van der Waals surface area contributed by atoms with Crippen molar-refractivity contribution in [2.45, 2.75) is 23.8 Å². The van der Waals surface area contributed by atoms with Gasteiger partial charge >= 0.3 is 0 Å². The Morgan fingerprint density at radius 1 is 1.50 bits per heavy atom. The summed E-state index contributed by atoms with van der Waals surface area (Å²) in [4.78, 5) is 15.1. The van der Waals surface area contributed by atoms with Gasteiger partial charge in [0.2, 0.25) is 11.8 Å². The second-order valence-corrected chi connectivity index (χ2v) is 4.91. The van der Waals surface area contributed by atoms with E-state index in [0.717, 1.165) is 17.5 Å². The van der Waals surface area contributed by atoms with Crippen LogP contribution in [0.15, 0.2) is 34.0 Å². The summed E-state index contributed by atoms with van der Waals surface area (Å²) in [6.45, 7) is 1.69. The van der Waals surface area contributed by atoms with Crippen LogP contribution in [0.4, 0.5) is 0 Å². The van der Waals surface area contributed by atoms with E-state index in [4.69, 9.17) is 10.2 Å². The van der Waals surface area contributed by atoms with Gasteiger partial charge in [0.25, 0.3) is 5.22 Å². The number of pyridine rings is 1. The minimum Gasteiger partial charge on any atom is -0.416 e. The molecule has 0 spiro atoms. The lowest BCUT2D eigenvalue weighted by Gasteiger charge is -2.00. The minimum absolute atomic E-state index is 0.340. The Balaban J connectivity index is 2.00. The van der Waals surface area contributed by atoms with Gasteiger partial charge in [0.1, 0.15) is 0 Å². The highest BCUT2D eigenvalue weighted by atomic mass is 32.2. The van der Waals surface area contributed by atoms with Crippen LogP contribution in [0.25, 0.3) is 0 Å². The summed E-state index contributed by atoms with van der Waals surface area (Å²) in [5.74, 6) is 0.0531. The van der Waals surface area contributed by atoms with Crippen LogP contribution in [-0.2, 0) is 11.2 Å². The zero-order valence-electron chi connectivity index (χ0n) is 9.74. The molecule has 2 heterocycles. The molecule has 0 saturated heterocycles. The van der Waals surface area contributed by atoms with Gasteiger partial charge in [-0.3, -0.25) is 9.78 Å². The Morgan fingerprint density at radius 2 is 2.33 bits per heavy atom. The number of nitrogens with zero attached hydrogens (tertiary/aromatic N) is 3. The maximum atomic E-state index is 10.9. The van der Waals surface area contributed by atoms with Gasteiger partial charge in [-0.05, 0) is 19.1 Å². The van der Waals surface area contributed by atoms with Crippen molar-refractivity contribution in [3.63, 3.8) is 0 Å². The largest absolute Gasteiger partial charge is 0.416 e. The van der Waals surface area contributed by atoms with E-state index in [2.05, 4.69) is 15.2 Å². The first-order chi connectivity index (χ1) is 8.65. The van der Waals surface area contributed by atoms with Crippen molar-refractivity contribution in [1.29, 1.82) is 0 Å². The zero-order chi connectivity index (χ0) is 13.0. The fourth-order valence-corrected chi connectivity index (χ4v) is 1.88. The molecule has 0 aliphatic carbocycles.